The number of nitrogens with zero attached hydrogens (tertiary/aromatic N) is 2. The van der Waals surface area contributed by atoms with E-state index in [1.54, 1.807) is 40.5 Å². The third kappa shape index (κ3) is 6.47. The van der Waals surface area contributed by atoms with Crippen molar-refractivity contribution in [1.29, 1.82) is 0 Å². The lowest BCUT2D eigenvalue weighted by atomic mass is 10.1. The monoisotopic (exact) mass is 484 g/mol. The van der Waals surface area contributed by atoms with Gasteiger partial charge in [-0.15, -0.1) is 11.3 Å². The van der Waals surface area contributed by atoms with E-state index in [9.17, 15) is 18.4 Å². The predicted molar refractivity (Wildman–Crippen MR) is 129 cm³/mol. The Morgan fingerprint density at radius 3 is 2.38 bits per heavy atom. The molecule has 4 rings (SSSR count). The maximum absolute atomic E-state index is 13.4. The zero-order valence-electron chi connectivity index (χ0n) is 18.5. The summed E-state index contributed by atoms with van der Waals surface area (Å²) in [4.78, 5) is 29.9. The Kier molecular flexibility index (Phi) is 7.99. The number of anilines is 1. The summed E-state index contributed by atoms with van der Waals surface area (Å²) in [5, 5.41) is 7.99. The van der Waals surface area contributed by atoms with Crippen LogP contribution in [0.15, 0.2) is 66.0 Å². The van der Waals surface area contributed by atoms with E-state index >= 15 is 0 Å². The van der Waals surface area contributed by atoms with Crippen LogP contribution < -0.4 is 10.6 Å². The predicted octanol–water partition coefficient (Wildman–Crippen LogP) is 3.49. The Morgan fingerprint density at radius 1 is 0.941 bits per heavy atom. The van der Waals surface area contributed by atoms with Gasteiger partial charge < -0.3 is 10.2 Å². The number of carbonyl (C=O) groups is 2. The van der Waals surface area contributed by atoms with Gasteiger partial charge >= 0.3 is 0 Å². The zero-order chi connectivity index (χ0) is 23.9. The summed E-state index contributed by atoms with van der Waals surface area (Å²) in [6, 6.07) is 15.8. The molecule has 2 aromatic carbocycles. The second-order valence-corrected chi connectivity index (χ2v) is 9.08. The van der Waals surface area contributed by atoms with Crippen molar-refractivity contribution in [2.45, 2.75) is 6.04 Å². The van der Waals surface area contributed by atoms with Crippen LogP contribution in [0.1, 0.15) is 16.5 Å². The van der Waals surface area contributed by atoms with Crippen LogP contribution in [0.25, 0.3) is 0 Å². The smallest absolute Gasteiger partial charge is 0.238 e. The summed E-state index contributed by atoms with van der Waals surface area (Å²) in [6.07, 6.45) is 0. The third-order valence-corrected chi connectivity index (χ3v) is 6.63. The van der Waals surface area contributed by atoms with Gasteiger partial charge in [-0.1, -0.05) is 24.3 Å². The zero-order valence-corrected chi connectivity index (χ0v) is 19.4. The van der Waals surface area contributed by atoms with Gasteiger partial charge in [-0.2, -0.15) is 0 Å². The largest absolute Gasteiger partial charge is 0.339 e. The molecule has 0 spiro atoms. The topological polar surface area (TPSA) is 64.7 Å². The molecule has 0 bridgehead atoms. The van der Waals surface area contributed by atoms with Crippen molar-refractivity contribution in [3.63, 3.8) is 0 Å². The Balaban J connectivity index is 1.26. The van der Waals surface area contributed by atoms with E-state index < -0.39 is 5.82 Å². The first kappa shape index (κ1) is 24.0. The molecule has 2 heterocycles. The number of halogens is 2. The van der Waals surface area contributed by atoms with Gasteiger partial charge in [0.15, 0.2) is 0 Å². The van der Waals surface area contributed by atoms with Crippen molar-refractivity contribution in [3.8, 4) is 0 Å². The Bertz CT molecular complexity index is 1100. The molecule has 0 aliphatic carbocycles. The van der Waals surface area contributed by atoms with E-state index in [2.05, 4.69) is 10.6 Å². The normalized spacial score (nSPS) is 15.2. The molecule has 6 nitrogen and oxygen atoms in total. The van der Waals surface area contributed by atoms with Crippen molar-refractivity contribution in [2.75, 3.05) is 44.6 Å². The average Bonchev–Trinajstić information content (AvgIpc) is 3.35. The first-order valence-corrected chi connectivity index (χ1v) is 11.9. The molecule has 1 atom stereocenters. The number of benzene rings is 2. The first-order chi connectivity index (χ1) is 16.5. The Labute approximate surface area is 201 Å². The van der Waals surface area contributed by atoms with Gasteiger partial charge in [0, 0.05) is 36.7 Å². The van der Waals surface area contributed by atoms with E-state index in [1.165, 1.54) is 24.3 Å². The number of carbonyl (C=O) groups excluding carboxylic acids is 2. The minimum Gasteiger partial charge on any atom is -0.339 e. The molecule has 1 aliphatic rings. The van der Waals surface area contributed by atoms with E-state index in [1.807, 2.05) is 22.4 Å². The molecular weight excluding hydrogens is 458 g/mol. The van der Waals surface area contributed by atoms with E-state index in [0.29, 0.717) is 31.9 Å². The number of hydrogen-bond acceptors (Lipinski definition) is 5. The van der Waals surface area contributed by atoms with E-state index in [0.717, 1.165) is 10.4 Å². The van der Waals surface area contributed by atoms with E-state index in [4.69, 9.17) is 0 Å². The summed E-state index contributed by atoms with van der Waals surface area (Å²) in [5.41, 5.74) is 1.32. The van der Waals surface area contributed by atoms with Gasteiger partial charge in [-0.05, 0) is 47.3 Å². The van der Waals surface area contributed by atoms with Gasteiger partial charge in [0.25, 0.3) is 0 Å². The fourth-order valence-corrected chi connectivity index (χ4v) is 4.75. The number of rotatable bonds is 8. The number of amides is 2. The molecule has 2 N–H and O–H groups in total. The molecule has 178 valence electrons. The van der Waals surface area contributed by atoms with Crippen LogP contribution in [0.4, 0.5) is 14.5 Å². The lowest BCUT2D eigenvalue weighted by Gasteiger charge is -2.34. The Hall–Kier alpha value is -3.14. The molecule has 3 aromatic rings. The molecule has 9 heteroatoms. The maximum Gasteiger partial charge on any atom is 0.238 e. The molecule has 0 unspecified atom stereocenters. The second kappa shape index (κ2) is 11.3. The summed E-state index contributed by atoms with van der Waals surface area (Å²) in [7, 11) is 0. The maximum atomic E-state index is 13.4. The second-order valence-electron chi connectivity index (χ2n) is 8.10. The molecular formula is C25H26F2N4O2S. The van der Waals surface area contributed by atoms with Crippen LogP contribution in [0.5, 0.6) is 0 Å². The highest BCUT2D eigenvalue weighted by Gasteiger charge is 2.24. The van der Waals surface area contributed by atoms with Crippen molar-refractivity contribution in [1.82, 2.24) is 15.1 Å². The van der Waals surface area contributed by atoms with Crippen LogP contribution in [0.2, 0.25) is 0 Å². The van der Waals surface area contributed by atoms with Crippen LogP contribution in [-0.4, -0.2) is 60.9 Å². The number of hydrogen-bond donors (Lipinski definition) is 2. The summed E-state index contributed by atoms with van der Waals surface area (Å²) in [6.45, 7) is 2.53. The fourth-order valence-electron chi connectivity index (χ4n) is 3.92. The third-order valence-electron chi connectivity index (χ3n) is 5.69. The standard InChI is InChI=1S/C25H26F2N4O2S/c26-19-8-6-18(7-9-19)25(22-5-2-14-34-22)28-16-24(33)31-12-10-30(11-13-31)17-23(32)29-21-4-1-3-20(27)15-21/h1-9,14-15,25,28H,10-13,16-17H2,(H,29,32)/t25-/m0/s1. The SMILES string of the molecule is O=C(CN1CCN(C(=O)CN[C@@H](c2ccc(F)cc2)c2cccs2)CC1)Nc1cccc(F)c1. The van der Waals surface area contributed by atoms with Crippen LogP contribution in [0, 0.1) is 11.6 Å². The molecule has 1 fully saturated rings. The molecule has 1 saturated heterocycles. The lowest BCUT2D eigenvalue weighted by molar-refractivity contribution is -0.132. The highest BCUT2D eigenvalue weighted by molar-refractivity contribution is 7.10. The van der Waals surface area contributed by atoms with Crippen molar-refractivity contribution in [2.24, 2.45) is 0 Å². The summed E-state index contributed by atoms with van der Waals surface area (Å²) >= 11 is 1.58. The fraction of sp³-hybridized carbons (Fsp3) is 0.280. The van der Waals surface area contributed by atoms with Gasteiger partial charge in [0.2, 0.25) is 11.8 Å². The minimum atomic E-state index is -0.403. The molecule has 1 aliphatic heterocycles. The van der Waals surface area contributed by atoms with Crippen LogP contribution in [0.3, 0.4) is 0 Å². The molecule has 1 aromatic heterocycles. The van der Waals surface area contributed by atoms with Crippen molar-refractivity contribution < 1.29 is 18.4 Å². The first-order valence-electron chi connectivity index (χ1n) is 11.1. The summed E-state index contributed by atoms with van der Waals surface area (Å²) in [5.74, 6) is -0.941. The molecule has 0 saturated carbocycles. The molecule has 34 heavy (non-hydrogen) atoms. The lowest BCUT2D eigenvalue weighted by Crippen LogP contribution is -2.52. The number of nitrogens with one attached hydrogen (secondary N) is 2. The number of thiophene rings is 1. The van der Waals surface area contributed by atoms with Crippen molar-refractivity contribution in [3.05, 3.63) is 88.1 Å². The summed E-state index contributed by atoms with van der Waals surface area (Å²) < 4.78 is 26.6. The van der Waals surface area contributed by atoms with Gasteiger partial charge in [0.1, 0.15) is 11.6 Å². The van der Waals surface area contributed by atoms with Gasteiger partial charge in [-0.3, -0.25) is 19.8 Å². The Morgan fingerprint density at radius 2 is 1.71 bits per heavy atom. The van der Waals surface area contributed by atoms with Crippen LogP contribution in [-0.2, 0) is 9.59 Å². The highest BCUT2D eigenvalue weighted by atomic mass is 32.1. The highest BCUT2D eigenvalue weighted by Crippen LogP contribution is 2.26. The molecule has 0 radical (unpaired) electrons. The minimum absolute atomic E-state index is 0.0208. The number of piperazine rings is 1. The van der Waals surface area contributed by atoms with Crippen LogP contribution >= 0.6 is 11.3 Å². The van der Waals surface area contributed by atoms with Crippen molar-refractivity contribution >= 4 is 28.8 Å². The quantitative estimate of drug-likeness (QED) is 0.514. The van der Waals surface area contributed by atoms with E-state index in [-0.39, 0.29) is 36.8 Å². The average molecular weight is 485 g/mol. The van der Waals surface area contributed by atoms with Gasteiger partial charge in [0.05, 0.1) is 19.1 Å². The molecule has 2 amide bonds. The van der Waals surface area contributed by atoms with Gasteiger partial charge in [-0.25, -0.2) is 8.78 Å².